The predicted molar refractivity (Wildman–Crippen MR) is 107 cm³/mol. The molecule has 1 saturated heterocycles. The van der Waals surface area contributed by atoms with E-state index in [9.17, 15) is 9.59 Å². The van der Waals surface area contributed by atoms with Crippen LogP contribution in [0.3, 0.4) is 0 Å². The smallest absolute Gasteiger partial charge is 0.263 e. The van der Waals surface area contributed by atoms with Crippen molar-refractivity contribution in [1.82, 2.24) is 10.2 Å². The van der Waals surface area contributed by atoms with Gasteiger partial charge in [0.2, 0.25) is 0 Å². The highest BCUT2D eigenvalue weighted by Crippen LogP contribution is 2.24. The molecule has 1 N–H and O–H groups in total. The lowest BCUT2D eigenvalue weighted by molar-refractivity contribution is 0.0695. The van der Waals surface area contributed by atoms with Crippen LogP contribution in [-0.4, -0.2) is 50.1 Å². The highest BCUT2D eigenvalue weighted by Gasteiger charge is 2.24. The first-order chi connectivity index (χ1) is 13.2. The number of hydrogen-bond acceptors (Lipinski definition) is 4. The summed E-state index contributed by atoms with van der Waals surface area (Å²) in [6.45, 7) is 2.67. The first kappa shape index (κ1) is 19.6. The summed E-state index contributed by atoms with van der Waals surface area (Å²) in [5.74, 6) is 0.671. The lowest BCUT2D eigenvalue weighted by Gasteiger charge is -2.31. The number of hydrogen-bond donors (Lipinski definition) is 1. The summed E-state index contributed by atoms with van der Waals surface area (Å²) >= 11 is 1.51. The van der Waals surface area contributed by atoms with E-state index in [-0.39, 0.29) is 11.8 Å². The fourth-order valence-corrected chi connectivity index (χ4v) is 4.08. The highest BCUT2D eigenvalue weighted by atomic mass is 32.1. The van der Waals surface area contributed by atoms with Gasteiger partial charge in [0.1, 0.15) is 0 Å². The molecule has 144 valence electrons. The van der Waals surface area contributed by atoms with Gasteiger partial charge in [0.25, 0.3) is 11.8 Å². The first-order valence-corrected chi connectivity index (χ1v) is 10.2. The van der Waals surface area contributed by atoms with Crippen LogP contribution in [-0.2, 0) is 11.2 Å². The minimum absolute atomic E-state index is 0.0704. The Morgan fingerprint density at radius 2 is 1.93 bits per heavy atom. The number of carbonyl (C=O) groups excluding carboxylic acids is 2. The number of carbonyl (C=O) groups is 2. The number of nitrogens with zero attached hydrogens (tertiary/aromatic N) is 1. The molecule has 0 atom stereocenters. The lowest BCUT2D eigenvalue weighted by atomic mass is 9.90. The Morgan fingerprint density at radius 1 is 1.19 bits per heavy atom. The molecule has 5 nitrogen and oxygen atoms in total. The van der Waals surface area contributed by atoms with Crippen LogP contribution in [0.4, 0.5) is 0 Å². The minimum atomic E-state index is -0.0704. The molecule has 1 aromatic carbocycles. The Bertz CT molecular complexity index is 735. The van der Waals surface area contributed by atoms with Gasteiger partial charge in [0.15, 0.2) is 0 Å². The zero-order valence-corrected chi connectivity index (χ0v) is 16.5. The zero-order valence-electron chi connectivity index (χ0n) is 15.6. The first-order valence-electron chi connectivity index (χ1n) is 9.36. The standard InChI is InChI=1S/C21H26N2O3S/c1-26-13-10-22-20(24)18-6-4-16(5-7-18)15-17-8-11-23(12-9-17)21(25)19-3-2-14-27-19/h2-7,14,17H,8-13,15H2,1H3,(H,22,24). The number of methoxy groups -OCH3 is 1. The molecule has 1 fully saturated rings. The lowest BCUT2D eigenvalue weighted by Crippen LogP contribution is -2.38. The Kier molecular flexibility index (Phi) is 7.01. The van der Waals surface area contributed by atoms with E-state index >= 15 is 0 Å². The summed E-state index contributed by atoms with van der Waals surface area (Å²) in [6.07, 6.45) is 3.04. The number of rotatable bonds is 7. The Balaban J connectivity index is 1.46. The topological polar surface area (TPSA) is 58.6 Å². The number of nitrogens with one attached hydrogen (secondary N) is 1. The number of piperidine rings is 1. The quantitative estimate of drug-likeness (QED) is 0.744. The number of thiophene rings is 1. The minimum Gasteiger partial charge on any atom is -0.383 e. The molecule has 3 rings (SSSR count). The van der Waals surface area contributed by atoms with Gasteiger partial charge in [-0.15, -0.1) is 11.3 Å². The van der Waals surface area contributed by atoms with E-state index in [2.05, 4.69) is 5.32 Å². The van der Waals surface area contributed by atoms with Crippen molar-refractivity contribution < 1.29 is 14.3 Å². The summed E-state index contributed by atoms with van der Waals surface area (Å²) in [7, 11) is 1.61. The molecule has 0 spiro atoms. The van der Waals surface area contributed by atoms with Crippen molar-refractivity contribution in [3.63, 3.8) is 0 Å². The van der Waals surface area contributed by atoms with Crippen LogP contribution in [0.15, 0.2) is 41.8 Å². The molecule has 0 aliphatic carbocycles. The number of benzene rings is 1. The summed E-state index contributed by atoms with van der Waals surface area (Å²) in [4.78, 5) is 27.2. The van der Waals surface area contributed by atoms with Gasteiger partial charge in [-0.05, 0) is 54.3 Å². The van der Waals surface area contributed by atoms with Gasteiger partial charge in [-0.25, -0.2) is 0 Å². The van der Waals surface area contributed by atoms with Gasteiger partial charge in [0.05, 0.1) is 11.5 Å². The summed E-state index contributed by atoms with van der Waals surface area (Å²) < 4.78 is 4.94. The van der Waals surface area contributed by atoms with Crippen LogP contribution in [0.25, 0.3) is 0 Å². The maximum Gasteiger partial charge on any atom is 0.263 e. The molecular formula is C21H26N2O3S. The van der Waals surface area contributed by atoms with Gasteiger partial charge in [-0.2, -0.15) is 0 Å². The van der Waals surface area contributed by atoms with Crippen LogP contribution < -0.4 is 5.32 Å². The van der Waals surface area contributed by atoms with Gasteiger partial charge in [0, 0.05) is 32.3 Å². The third-order valence-electron chi connectivity index (χ3n) is 4.97. The highest BCUT2D eigenvalue weighted by molar-refractivity contribution is 7.12. The van der Waals surface area contributed by atoms with Crippen molar-refractivity contribution in [2.24, 2.45) is 5.92 Å². The number of likely N-dealkylation sites (tertiary alicyclic amines) is 1. The molecule has 1 aliphatic rings. The van der Waals surface area contributed by atoms with Gasteiger partial charge in [-0.3, -0.25) is 9.59 Å². The third-order valence-corrected chi connectivity index (χ3v) is 5.82. The monoisotopic (exact) mass is 386 g/mol. The van der Waals surface area contributed by atoms with Crippen LogP contribution >= 0.6 is 11.3 Å². The van der Waals surface area contributed by atoms with E-state index in [1.54, 1.807) is 7.11 Å². The van der Waals surface area contributed by atoms with Crippen LogP contribution in [0.5, 0.6) is 0 Å². The molecule has 0 bridgehead atoms. The zero-order chi connectivity index (χ0) is 19.1. The van der Waals surface area contributed by atoms with E-state index in [4.69, 9.17) is 4.74 Å². The average molecular weight is 387 g/mol. The molecule has 2 heterocycles. The van der Waals surface area contributed by atoms with Crippen LogP contribution in [0, 0.1) is 5.92 Å². The van der Waals surface area contributed by atoms with E-state index in [1.807, 2.05) is 46.7 Å². The van der Waals surface area contributed by atoms with E-state index < -0.39 is 0 Å². The van der Waals surface area contributed by atoms with Gasteiger partial charge >= 0.3 is 0 Å². The second-order valence-corrected chi connectivity index (χ2v) is 7.81. The van der Waals surface area contributed by atoms with E-state index in [0.29, 0.717) is 24.6 Å². The van der Waals surface area contributed by atoms with Crippen molar-refractivity contribution >= 4 is 23.2 Å². The number of amides is 2. The molecule has 6 heteroatoms. The molecule has 2 amide bonds. The van der Waals surface area contributed by atoms with E-state index in [0.717, 1.165) is 37.2 Å². The predicted octanol–water partition coefficient (Wildman–Crippen LogP) is 3.22. The summed E-state index contributed by atoms with van der Waals surface area (Å²) in [5.41, 5.74) is 1.91. The molecule has 0 radical (unpaired) electrons. The molecular weight excluding hydrogens is 360 g/mol. The fourth-order valence-electron chi connectivity index (χ4n) is 3.39. The van der Waals surface area contributed by atoms with Crippen molar-refractivity contribution in [2.45, 2.75) is 19.3 Å². The van der Waals surface area contributed by atoms with Crippen LogP contribution in [0.2, 0.25) is 0 Å². The average Bonchev–Trinajstić information content (AvgIpc) is 3.23. The largest absolute Gasteiger partial charge is 0.383 e. The van der Waals surface area contributed by atoms with Gasteiger partial charge in [-0.1, -0.05) is 18.2 Å². The second kappa shape index (κ2) is 9.67. The van der Waals surface area contributed by atoms with Gasteiger partial charge < -0.3 is 15.0 Å². The summed E-state index contributed by atoms with van der Waals surface area (Å²) in [6, 6.07) is 11.7. The van der Waals surface area contributed by atoms with E-state index in [1.165, 1.54) is 16.9 Å². The Labute approximate surface area is 164 Å². The molecule has 27 heavy (non-hydrogen) atoms. The SMILES string of the molecule is COCCNC(=O)c1ccc(CC2CCN(C(=O)c3cccs3)CC2)cc1. The third kappa shape index (κ3) is 5.40. The fraction of sp³-hybridized carbons (Fsp3) is 0.429. The number of ether oxygens (including phenoxy) is 1. The normalized spacial score (nSPS) is 14.9. The molecule has 1 aromatic heterocycles. The van der Waals surface area contributed by atoms with Crippen molar-refractivity contribution in [3.05, 3.63) is 57.8 Å². The van der Waals surface area contributed by atoms with Crippen LogP contribution in [0.1, 0.15) is 38.4 Å². The summed E-state index contributed by atoms with van der Waals surface area (Å²) in [5, 5.41) is 4.77. The van der Waals surface area contributed by atoms with Crippen molar-refractivity contribution in [3.8, 4) is 0 Å². The maximum atomic E-state index is 12.4. The second-order valence-electron chi connectivity index (χ2n) is 6.86. The maximum absolute atomic E-state index is 12.4. The molecule has 2 aromatic rings. The molecule has 0 unspecified atom stereocenters. The van der Waals surface area contributed by atoms with Crippen molar-refractivity contribution in [1.29, 1.82) is 0 Å². The Morgan fingerprint density at radius 3 is 2.56 bits per heavy atom. The Hall–Kier alpha value is -2.18. The molecule has 1 aliphatic heterocycles. The molecule has 0 saturated carbocycles. The van der Waals surface area contributed by atoms with Crippen molar-refractivity contribution in [2.75, 3.05) is 33.4 Å².